The summed E-state index contributed by atoms with van der Waals surface area (Å²) in [7, 11) is 4.10. The minimum atomic E-state index is 0.594. The second-order valence-corrected chi connectivity index (χ2v) is 8.48. The highest BCUT2D eigenvalue weighted by Gasteiger charge is 2.22. The third kappa shape index (κ3) is 6.80. The predicted octanol–water partition coefficient (Wildman–Crippen LogP) is 2.33. The molecule has 1 fully saturated rings. The molecule has 0 unspecified atom stereocenters. The zero-order valence-electron chi connectivity index (χ0n) is 19.2. The SMILES string of the molecule is CCNC(=NCc1ccccc1OCCN(C)C)N1CCN(c2nc(CC)ns2)CC1. The summed E-state index contributed by atoms with van der Waals surface area (Å²) in [5, 5.41) is 4.48. The van der Waals surface area contributed by atoms with Crippen molar-refractivity contribution in [1.29, 1.82) is 0 Å². The van der Waals surface area contributed by atoms with Gasteiger partial charge >= 0.3 is 0 Å². The minimum absolute atomic E-state index is 0.594. The molecule has 1 saturated heterocycles. The van der Waals surface area contributed by atoms with Gasteiger partial charge in [0, 0.05) is 62.8 Å². The molecule has 1 aliphatic heterocycles. The van der Waals surface area contributed by atoms with E-state index in [9.17, 15) is 0 Å². The van der Waals surface area contributed by atoms with Crippen molar-refractivity contribution in [3.8, 4) is 5.75 Å². The Balaban J connectivity index is 1.61. The van der Waals surface area contributed by atoms with Crippen LogP contribution in [0.3, 0.4) is 0 Å². The molecule has 0 radical (unpaired) electrons. The number of rotatable bonds is 9. The molecule has 3 rings (SSSR count). The predicted molar refractivity (Wildman–Crippen MR) is 128 cm³/mol. The number of likely N-dealkylation sites (N-methyl/N-ethyl adjacent to an activating group) is 1. The van der Waals surface area contributed by atoms with Crippen molar-refractivity contribution < 1.29 is 4.74 Å². The lowest BCUT2D eigenvalue weighted by molar-refractivity contribution is 0.259. The highest BCUT2D eigenvalue weighted by molar-refractivity contribution is 7.09. The number of aromatic nitrogens is 2. The van der Waals surface area contributed by atoms with E-state index in [0.29, 0.717) is 13.2 Å². The smallest absolute Gasteiger partial charge is 0.205 e. The van der Waals surface area contributed by atoms with Crippen LogP contribution in [0.15, 0.2) is 29.3 Å². The number of benzene rings is 1. The first-order chi connectivity index (χ1) is 15.1. The van der Waals surface area contributed by atoms with Crippen molar-refractivity contribution in [2.24, 2.45) is 4.99 Å². The van der Waals surface area contributed by atoms with Gasteiger partial charge in [-0.1, -0.05) is 25.1 Å². The van der Waals surface area contributed by atoms with Gasteiger partial charge in [-0.15, -0.1) is 0 Å². The number of hydrogen-bond donors (Lipinski definition) is 1. The maximum absolute atomic E-state index is 6.00. The Bertz CT molecular complexity index is 831. The van der Waals surface area contributed by atoms with Crippen LogP contribution in [0.4, 0.5) is 5.13 Å². The molecule has 2 heterocycles. The number of para-hydroxylation sites is 1. The first kappa shape index (κ1) is 23.3. The van der Waals surface area contributed by atoms with E-state index >= 15 is 0 Å². The summed E-state index contributed by atoms with van der Waals surface area (Å²) in [4.78, 5) is 16.3. The standard InChI is InChI=1S/C22H35N7OS/c1-5-20-25-22(31-26-20)29-13-11-28(12-14-29)21(23-6-2)24-17-18-9-7-8-10-19(18)30-16-15-27(3)4/h7-10H,5-6,11-17H2,1-4H3,(H,23,24). The van der Waals surface area contributed by atoms with Crippen LogP contribution in [0, 0.1) is 0 Å². The second kappa shape index (κ2) is 11.9. The van der Waals surface area contributed by atoms with Crippen molar-refractivity contribution in [1.82, 2.24) is 24.5 Å². The van der Waals surface area contributed by atoms with Gasteiger partial charge in [0.15, 0.2) is 5.96 Å². The molecule has 0 saturated carbocycles. The summed E-state index contributed by atoms with van der Waals surface area (Å²) in [5.41, 5.74) is 1.11. The van der Waals surface area contributed by atoms with E-state index in [-0.39, 0.29) is 0 Å². The third-order valence-corrected chi connectivity index (χ3v) is 5.94. The van der Waals surface area contributed by atoms with Crippen molar-refractivity contribution in [2.75, 3.05) is 64.9 Å². The van der Waals surface area contributed by atoms with E-state index in [0.717, 1.165) is 73.9 Å². The fraction of sp³-hybridized carbons (Fsp3) is 0.591. The van der Waals surface area contributed by atoms with Crippen LogP contribution in [0.5, 0.6) is 5.75 Å². The number of piperazine rings is 1. The molecule has 9 heteroatoms. The van der Waals surface area contributed by atoms with Crippen LogP contribution in [0.25, 0.3) is 0 Å². The molecule has 1 aliphatic rings. The molecule has 0 spiro atoms. The highest BCUT2D eigenvalue weighted by atomic mass is 32.1. The zero-order valence-corrected chi connectivity index (χ0v) is 20.0. The molecule has 1 aromatic heterocycles. The number of nitrogens with zero attached hydrogens (tertiary/aromatic N) is 6. The maximum Gasteiger partial charge on any atom is 0.205 e. The van der Waals surface area contributed by atoms with E-state index in [1.165, 1.54) is 11.5 Å². The van der Waals surface area contributed by atoms with E-state index in [1.807, 2.05) is 18.2 Å². The summed E-state index contributed by atoms with van der Waals surface area (Å²) in [6.07, 6.45) is 0.883. The Labute approximate surface area is 190 Å². The van der Waals surface area contributed by atoms with Gasteiger partial charge in [-0.05, 0) is 27.1 Å². The number of hydrogen-bond acceptors (Lipinski definition) is 7. The lowest BCUT2D eigenvalue weighted by Crippen LogP contribution is -2.52. The Morgan fingerprint density at radius 1 is 1.19 bits per heavy atom. The lowest BCUT2D eigenvalue weighted by Gasteiger charge is -2.36. The molecular weight excluding hydrogens is 410 g/mol. The van der Waals surface area contributed by atoms with E-state index < -0.39 is 0 Å². The van der Waals surface area contributed by atoms with Gasteiger partial charge in [0.25, 0.3) is 0 Å². The van der Waals surface area contributed by atoms with Gasteiger partial charge in [0.05, 0.1) is 6.54 Å². The molecule has 0 aliphatic carbocycles. The Kier molecular flexibility index (Phi) is 8.90. The largest absolute Gasteiger partial charge is 0.492 e. The van der Waals surface area contributed by atoms with Gasteiger partial charge in [-0.25, -0.2) is 9.98 Å². The first-order valence-electron chi connectivity index (χ1n) is 11.1. The highest BCUT2D eigenvalue weighted by Crippen LogP contribution is 2.21. The van der Waals surface area contributed by atoms with Crippen molar-refractivity contribution in [3.05, 3.63) is 35.7 Å². The van der Waals surface area contributed by atoms with Crippen LogP contribution in [-0.4, -0.2) is 85.1 Å². The second-order valence-electron chi connectivity index (χ2n) is 7.75. The molecule has 170 valence electrons. The normalized spacial score (nSPS) is 14.9. The van der Waals surface area contributed by atoms with Crippen molar-refractivity contribution >= 4 is 22.6 Å². The number of nitrogens with one attached hydrogen (secondary N) is 1. The Morgan fingerprint density at radius 3 is 2.65 bits per heavy atom. The van der Waals surface area contributed by atoms with Crippen LogP contribution in [0.1, 0.15) is 25.2 Å². The summed E-state index contributed by atoms with van der Waals surface area (Å²) < 4.78 is 10.4. The summed E-state index contributed by atoms with van der Waals surface area (Å²) in [6, 6.07) is 8.18. The average Bonchev–Trinajstić information content (AvgIpc) is 3.27. The molecule has 8 nitrogen and oxygen atoms in total. The van der Waals surface area contributed by atoms with Crippen LogP contribution in [-0.2, 0) is 13.0 Å². The quantitative estimate of drug-likeness (QED) is 0.469. The first-order valence-corrected chi connectivity index (χ1v) is 11.8. The minimum Gasteiger partial charge on any atom is -0.492 e. The van der Waals surface area contributed by atoms with Gasteiger partial charge in [-0.3, -0.25) is 0 Å². The molecule has 2 aromatic rings. The van der Waals surface area contributed by atoms with E-state index in [4.69, 9.17) is 9.73 Å². The number of aliphatic imine (C=N–C) groups is 1. The topological polar surface area (TPSA) is 69.1 Å². The van der Waals surface area contributed by atoms with Crippen molar-refractivity contribution in [3.63, 3.8) is 0 Å². The summed E-state index contributed by atoms with van der Waals surface area (Å²) >= 11 is 1.50. The fourth-order valence-electron chi connectivity index (χ4n) is 3.33. The molecule has 0 atom stereocenters. The summed E-state index contributed by atoms with van der Waals surface area (Å²) in [5.74, 6) is 2.80. The lowest BCUT2D eigenvalue weighted by atomic mass is 10.2. The third-order valence-electron chi connectivity index (χ3n) is 5.13. The van der Waals surface area contributed by atoms with Gasteiger partial charge in [0.1, 0.15) is 18.2 Å². The number of ether oxygens (including phenoxy) is 1. The van der Waals surface area contributed by atoms with E-state index in [2.05, 4.69) is 63.4 Å². The molecule has 31 heavy (non-hydrogen) atoms. The maximum atomic E-state index is 6.00. The van der Waals surface area contributed by atoms with Crippen LogP contribution in [0.2, 0.25) is 0 Å². The average molecular weight is 446 g/mol. The monoisotopic (exact) mass is 445 g/mol. The van der Waals surface area contributed by atoms with Gasteiger partial charge < -0.3 is 24.8 Å². The van der Waals surface area contributed by atoms with Crippen molar-refractivity contribution in [2.45, 2.75) is 26.8 Å². The number of guanidine groups is 1. The molecule has 0 bridgehead atoms. The van der Waals surface area contributed by atoms with Crippen LogP contribution >= 0.6 is 11.5 Å². The zero-order chi connectivity index (χ0) is 22.1. The van der Waals surface area contributed by atoms with Crippen LogP contribution < -0.4 is 15.0 Å². The Hall–Kier alpha value is -2.39. The molecule has 1 N–H and O–H groups in total. The van der Waals surface area contributed by atoms with Gasteiger partial charge in [-0.2, -0.15) is 4.37 Å². The van der Waals surface area contributed by atoms with Gasteiger partial charge in [0.2, 0.25) is 5.13 Å². The summed E-state index contributed by atoms with van der Waals surface area (Å²) in [6.45, 7) is 10.9. The molecule has 0 amide bonds. The molecular formula is C22H35N7OS. The molecule has 1 aromatic carbocycles. The Morgan fingerprint density at radius 2 is 1.97 bits per heavy atom. The van der Waals surface area contributed by atoms with E-state index in [1.54, 1.807) is 0 Å². The number of aryl methyl sites for hydroxylation is 1. The fourth-order valence-corrected chi connectivity index (χ4v) is 4.13. The number of anilines is 1.